The topological polar surface area (TPSA) is 17.1 Å². The monoisotopic (exact) mass is 284 g/mol. The second-order valence-electron chi connectivity index (χ2n) is 5.98. The molecule has 0 spiro atoms. The van der Waals surface area contributed by atoms with Crippen LogP contribution in [0.4, 0.5) is 0 Å². The van der Waals surface area contributed by atoms with Crippen molar-refractivity contribution >= 4 is 23.2 Å². The van der Waals surface area contributed by atoms with E-state index in [4.69, 9.17) is 0 Å². The van der Waals surface area contributed by atoms with Gasteiger partial charge in [0.1, 0.15) is 0 Å². The van der Waals surface area contributed by atoms with Gasteiger partial charge >= 0.3 is 0 Å². The first-order valence-corrected chi connectivity index (χ1v) is 7.57. The molecule has 0 aliphatic carbocycles. The third kappa shape index (κ3) is 3.67. The third-order valence-electron chi connectivity index (χ3n) is 3.19. The summed E-state index contributed by atoms with van der Waals surface area (Å²) in [7, 11) is 0. The minimum Gasteiger partial charge on any atom is -0.288 e. The highest BCUT2D eigenvalue weighted by Crippen LogP contribution is 2.22. The fraction of sp³-hybridized carbons (Fsp3) is 0.278. The zero-order valence-corrected chi connectivity index (χ0v) is 13.3. The van der Waals surface area contributed by atoms with Crippen LogP contribution in [-0.4, -0.2) is 5.78 Å². The molecule has 0 N–H and O–H groups in total. The Bertz CT molecular complexity index is 624. The summed E-state index contributed by atoms with van der Waals surface area (Å²) in [6, 6.07) is 12.2. The van der Waals surface area contributed by atoms with E-state index in [1.807, 2.05) is 25.1 Å². The number of ketones is 1. The first-order valence-electron chi connectivity index (χ1n) is 6.76. The molecule has 1 aromatic heterocycles. The van der Waals surface area contributed by atoms with Crippen molar-refractivity contribution in [3.63, 3.8) is 0 Å². The van der Waals surface area contributed by atoms with Gasteiger partial charge in [0.2, 0.25) is 0 Å². The molecule has 2 aromatic rings. The van der Waals surface area contributed by atoms with Crippen LogP contribution in [0.15, 0.2) is 42.5 Å². The van der Waals surface area contributed by atoms with Crippen LogP contribution in [0.25, 0.3) is 6.08 Å². The molecule has 0 saturated carbocycles. The number of rotatable bonds is 3. The summed E-state index contributed by atoms with van der Waals surface area (Å²) in [6.07, 6.45) is 3.53. The molecular formula is C18H20OS. The van der Waals surface area contributed by atoms with Crippen LogP contribution in [0.3, 0.4) is 0 Å². The molecule has 1 aromatic carbocycles. The summed E-state index contributed by atoms with van der Waals surface area (Å²) in [6.45, 7) is 8.60. The first kappa shape index (κ1) is 14.7. The smallest absolute Gasteiger partial charge is 0.195 e. The Kier molecular flexibility index (Phi) is 4.24. The van der Waals surface area contributed by atoms with Crippen LogP contribution in [0.2, 0.25) is 0 Å². The van der Waals surface area contributed by atoms with Gasteiger partial charge in [0.25, 0.3) is 0 Å². The number of carbonyl (C=O) groups is 1. The number of thiophene rings is 1. The number of carbonyl (C=O) groups excluding carboxylic acids is 1. The van der Waals surface area contributed by atoms with Gasteiger partial charge in [-0.05, 0) is 41.7 Å². The maximum atomic E-state index is 12.0. The largest absolute Gasteiger partial charge is 0.288 e. The van der Waals surface area contributed by atoms with E-state index in [2.05, 4.69) is 45.0 Å². The molecule has 0 amide bonds. The molecule has 1 heterocycles. The molecule has 0 radical (unpaired) electrons. The minimum atomic E-state index is 0.0722. The van der Waals surface area contributed by atoms with Crippen LogP contribution in [0, 0.1) is 6.92 Å². The Balaban J connectivity index is 2.10. The van der Waals surface area contributed by atoms with E-state index < -0.39 is 0 Å². The number of aryl methyl sites for hydroxylation is 1. The Morgan fingerprint density at radius 3 is 2.20 bits per heavy atom. The van der Waals surface area contributed by atoms with Crippen LogP contribution < -0.4 is 0 Å². The fourth-order valence-corrected chi connectivity index (χ4v) is 2.70. The normalized spacial score (nSPS) is 12.0. The van der Waals surface area contributed by atoms with Crippen molar-refractivity contribution in [2.45, 2.75) is 33.1 Å². The van der Waals surface area contributed by atoms with E-state index in [-0.39, 0.29) is 11.2 Å². The lowest BCUT2D eigenvalue weighted by molar-refractivity contribution is 0.105. The molecule has 0 atom stereocenters. The number of hydrogen-bond acceptors (Lipinski definition) is 2. The van der Waals surface area contributed by atoms with E-state index in [1.165, 1.54) is 16.9 Å². The van der Waals surface area contributed by atoms with E-state index in [0.29, 0.717) is 0 Å². The molecular weight excluding hydrogens is 264 g/mol. The highest BCUT2D eigenvalue weighted by atomic mass is 32.1. The first-order chi connectivity index (χ1) is 9.36. The molecule has 0 aliphatic heterocycles. The van der Waals surface area contributed by atoms with E-state index >= 15 is 0 Å². The van der Waals surface area contributed by atoms with Gasteiger partial charge in [-0.15, -0.1) is 11.3 Å². The van der Waals surface area contributed by atoms with Crippen LogP contribution >= 0.6 is 11.3 Å². The average Bonchev–Trinajstić information content (AvgIpc) is 2.82. The van der Waals surface area contributed by atoms with Crippen molar-refractivity contribution in [1.29, 1.82) is 0 Å². The Morgan fingerprint density at radius 2 is 1.70 bits per heavy atom. The van der Waals surface area contributed by atoms with Crippen LogP contribution in [0.5, 0.6) is 0 Å². The van der Waals surface area contributed by atoms with Gasteiger partial charge in [0, 0.05) is 4.88 Å². The Labute approximate surface area is 125 Å². The summed E-state index contributed by atoms with van der Waals surface area (Å²) in [4.78, 5) is 13.9. The lowest BCUT2D eigenvalue weighted by Gasteiger charge is -2.18. The number of allylic oxidation sites excluding steroid dienone is 1. The minimum absolute atomic E-state index is 0.0722. The zero-order valence-electron chi connectivity index (χ0n) is 12.4. The molecule has 2 heteroatoms. The highest BCUT2D eigenvalue weighted by Gasteiger charge is 2.12. The lowest BCUT2D eigenvalue weighted by Crippen LogP contribution is -2.10. The molecule has 0 unspecified atom stereocenters. The second kappa shape index (κ2) is 5.76. The van der Waals surface area contributed by atoms with Crippen molar-refractivity contribution in [3.8, 4) is 0 Å². The summed E-state index contributed by atoms with van der Waals surface area (Å²) >= 11 is 1.54. The molecule has 104 valence electrons. The molecule has 0 saturated heterocycles. The van der Waals surface area contributed by atoms with Gasteiger partial charge in [-0.1, -0.05) is 51.1 Å². The summed E-state index contributed by atoms with van der Waals surface area (Å²) < 4.78 is 0. The quantitative estimate of drug-likeness (QED) is 0.555. The standard InChI is InChI=1S/C18H20OS/c1-13-5-12-17(20-13)16(19)11-8-14-6-9-15(10-7-14)18(2,3)4/h5-12H,1-4H3/b11-8+. The van der Waals surface area contributed by atoms with Gasteiger partial charge < -0.3 is 0 Å². The molecule has 1 nitrogen and oxygen atoms in total. The van der Waals surface area contributed by atoms with Gasteiger partial charge in [0.05, 0.1) is 4.88 Å². The summed E-state index contributed by atoms with van der Waals surface area (Å²) in [5.41, 5.74) is 2.52. The fourth-order valence-electron chi connectivity index (χ4n) is 1.92. The van der Waals surface area contributed by atoms with Gasteiger partial charge in [-0.25, -0.2) is 0 Å². The number of hydrogen-bond donors (Lipinski definition) is 0. The van der Waals surface area contributed by atoms with Gasteiger partial charge in [-0.2, -0.15) is 0 Å². The number of benzene rings is 1. The van der Waals surface area contributed by atoms with Crippen molar-refractivity contribution in [2.75, 3.05) is 0 Å². The van der Waals surface area contributed by atoms with E-state index in [9.17, 15) is 4.79 Å². The predicted molar refractivity (Wildman–Crippen MR) is 87.6 cm³/mol. The summed E-state index contributed by atoms with van der Waals surface area (Å²) in [5.74, 6) is 0.0722. The van der Waals surface area contributed by atoms with Gasteiger partial charge in [0.15, 0.2) is 5.78 Å². The van der Waals surface area contributed by atoms with Crippen molar-refractivity contribution in [1.82, 2.24) is 0 Å². The second-order valence-corrected chi connectivity index (χ2v) is 7.27. The van der Waals surface area contributed by atoms with Crippen LogP contribution in [-0.2, 0) is 5.41 Å². The third-order valence-corrected chi connectivity index (χ3v) is 4.20. The highest BCUT2D eigenvalue weighted by molar-refractivity contribution is 7.14. The lowest BCUT2D eigenvalue weighted by atomic mass is 9.87. The van der Waals surface area contributed by atoms with E-state index in [1.54, 1.807) is 6.08 Å². The molecule has 0 fully saturated rings. The Morgan fingerprint density at radius 1 is 1.05 bits per heavy atom. The Hall–Kier alpha value is -1.67. The average molecular weight is 284 g/mol. The molecule has 0 bridgehead atoms. The van der Waals surface area contributed by atoms with Crippen molar-refractivity contribution in [2.24, 2.45) is 0 Å². The predicted octanol–water partition coefficient (Wildman–Crippen LogP) is 5.25. The maximum absolute atomic E-state index is 12.0. The summed E-state index contributed by atoms with van der Waals surface area (Å²) in [5, 5.41) is 0. The van der Waals surface area contributed by atoms with E-state index in [0.717, 1.165) is 15.3 Å². The van der Waals surface area contributed by atoms with Gasteiger partial charge in [-0.3, -0.25) is 4.79 Å². The van der Waals surface area contributed by atoms with Crippen molar-refractivity contribution < 1.29 is 4.79 Å². The zero-order chi connectivity index (χ0) is 14.8. The maximum Gasteiger partial charge on any atom is 0.195 e. The molecule has 0 aliphatic rings. The SMILES string of the molecule is Cc1ccc(C(=O)/C=C/c2ccc(C(C)(C)C)cc2)s1. The molecule has 2 rings (SSSR count). The van der Waals surface area contributed by atoms with Crippen molar-refractivity contribution in [3.05, 3.63) is 63.4 Å². The van der Waals surface area contributed by atoms with Crippen LogP contribution in [0.1, 0.15) is 46.4 Å². The molecule has 20 heavy (non-hydrogen) atoms.